The third-order valence-corrected chi connectivity index (χ3v) is 3.43. The van der Waals surface area contributed by atoms with Gasteiger partial charge < -0.3 is 0 Å². The first-order chi connectivity index (χ1) is 7.59. The van der Waals surface area contributed by atoms with Crippen molar-refractivity contribution in [2.75, 3.05) is 14.2 Å². The Morgan fingerprint density at radius 3 is 2.31 bits per heavy atom. The zero-order valence-electron chi connectivity index (χ0n) is 9.17. The molecule has 1 amide bonds. The van der Waals surface area contributed by atoms with Crippen LogP contribution in [0.5, 0.6) is 0 Å². The van der Waals surface area contributed by atoms with Crippen molar-refractivity contribution in [2.45, 2.75) is 6.42 Å². The Kier molecular flexibility index (Phi) is 4.68. The lowest BCUT2D eigenvalue weighted by Gasteiger charge is -2.14. The molecule has 0 heterocycles. The van der Waals surface area contributed by atoms with E-state index in [1.165, 1.54) is 14.2 Å². The Bertz CT molecular complexity index is 385. The lowest BCUT2D eigenvalue weighted by atomic mass is 10.1. The van der Waals surface area contributed by atoms with Gasteiger partial charge in [-0.3, -0.25) is 18.9 Å². The van der Waals surface area contributed by atoms with E-state index in [9.17, 15) is 9.36 Å². The van der Waals surface area contributed by atoms with Gasteiger partial charge in [0.05, 0.1) is 6.42 Å². The zero-order chi connectivity index (χ0) is 12.0. The van der Waals surface area contributed by atoms with E-state index in [4.69, 9.17) is 0 Å². The number of hydrogen-bond acceptors (Lipinski definition) is 4. The maximum atomic E-state index is 11.6. The molecule has 1 aromatic carbocycles. The molecule has 0 fully saturated rings. The van der Waals surface area contributed by atoms with Crippen LogP contribution in [0.1, 0.15) is 5.56 Å². The summed E-state index contributed by atoms with van der Waals surface area (Å²) >= 11 is 0. The van der Waals surface area contributed by atoms with Gasteiger partial charge in [0.15, 0.2) is 0 Å². The van der Waals surface area contributed by atoms with Crippen molar-refractivity contribution in [3.05, 3.63) is 35.9 Å². The Morgan fingerprint density at radius 1 is 1.25 bits per heavy atom. The summed E-state index contributed by atoms with van der Waals surface area (Å²) in [4.78, 5) is 11.5. The molecule has 0 unspecified atom stereocenters. The second-order valence-corrected chi connectivity index (χ2v) is 5.01. The van der Waals surface area contributed by atoms with Gasteiger partial charge in [-0.15, -0.1) is 0 Å². The highest BCUT2D eigenvalue weighted by Crippen LogP contribution is 2.41. The molecular weight excluding hydrogens is 229 g/mol. The van der Waals surface area contributed by atoms with Crippen LogP contribution < -0.4 is 5.09 Å². The molecule has 0 aliphatic rings. The van der Waals surface area contributed by atoms with Crippen molar-refractivity contribution in [1.82, 2.24) is 5.09 Å². The van der Waals surface area contributed by atoms with Crippen molar-refractivity contribution in [3.63, 3.8) is 0 Å². The van der Waals surface area contributed by atoms with Gasteiger partial charge in [0.25, 0.3) is 0 Å². The van der Waals surface area contributed by atoms with Crippen LogP contribution in [0.25, 0.3) is 0 Å². The Labute approximate surface area is 94.3 Å². The topological polar surface area (TPSA) is 64.6 Å². The summed E-state index contributed by atoms with van der Waals surface area (Å²) < 4.78 is 20.8. The molecular formula is C10H14NO4P. The number of amides is 1. The number of carbonyl (C=O) groups excluding carboxylic acids is 1. The second kappa shape index (κ2) is 5.80. The first kappa shape index (κ1) is 12.9. The quantitative estimate of drug-likeness (QED) is 0.800. The van der Waals surface area contributed by atoms with Crippen LogP contribution in [0.15, 0.2) is 30.3 Å². The lowest BCUT2D eigenvalue weighted by Crippen LogP contribution is -2.23. The molecule has 0 saturated carbocycles. The highest BCUT2D eigenvalue weighted by atomic mass is 31.2. The molecule has 0 bridgehead atoms. The molecule has 0 radical (unpaired) electrons. The van der Waals surface area contributed by atoms with Gasteiger partial charge in [0, 0.05) is 14.2 Å². The molecule has 0 saturated heterocycles. The molecule has 1 aromatic rings. The van der Waals surface area contributed by atoms with Gasteiger partial charge in [0.1, 0.15) is 0 Å². The van der Waals surface area contributed by atoms with E-state index >= 15 is 0 Å². The van der Waals surface area contributed by atoms with E-state index < -0.39 is 13.7 Å². The molecule has 1 N–H and O–H groups in total. The predicted molar refractivity (Wildman–Crippen MR) is 59.9 cm³/mol. The molecule has 0 aliphatic heterocycles. The fraction of sp³-hybridized carbons (Fsp3) is 0.300. The van der Waals surface area contributed by atoms with Crippen LogP contribution >= 0.6 is 7.75 Å². The van der Waals surface area contributed by atoms with Crippen molar-refractivity contribution in [3.8, 4) is 0 Å². The van der Waals surface area contributed by atoms with Crippen molar-refractivity contribution >= 4 is 13.7 Å². The van der Waals surface area contributed by atoms with E-state index in [0.717, 1.165) is 5.56 Å². The molecule has 0 atom stereocenters. The van der Waals surface area contributed by atoms with E-state index in [0.29, 0.717) is 0 Å². The Hall–Kier alpha value is -1.16. The molecule has 5 nitrogen and oxygen atoms in total. The fourth-order valence-corrected chi connectivity index (χ4v) is 1.86. The summed E-state index contributed by atoms with van der Waals surface area (Å²) in [7, 11) is -1.04. The fourth-order valence-electron chi connectivity index (χ4n) is 1.14. The minimum atomic E-state index is -3.47. The average Bonchev–Trinajstić information content (AvgIpc) is 2.30. The van der Waals surface area contributed by atoms with Crippen LogP contribution in [0, 0.1) is 0 Å². The number of nitrogens with one attached hydrogen (secondary N) is 1. The van der Waals surface area contributed by atoms with Gasteiger partial charge in [-0.25, -0.2) is 4.57 Å². The van der Waals surface area contributed by atoms with Gasteiger partial charge in [-0.05, 0) is 5.56 Å². The predicted octanol–water partition coefficient (Wildman–Crippen LogP) is 1.75. The standard InChI is InChI=1S/C10H14NO4P/c1-14-16(13,15-2)11-10(12)8-9-6-4-3-5-7-9/h3-7H,8H2,1-2H3,(H,11,12,13). The highest BCUT2D eigenvalue weighted by molar-refractivity contribution is 7.52. The third-order valence-electron chi connectivity index (χ3n) is 1.95. The molecule has 16 heavy (non-hydrogen) atoms. The minimum absolute atomic E-state index is 0.136. The molecule has 0 aromatic heterocycles. The Morgan fingerprint density at radius 2 is 1.81 bits per heavy atom. The van der Waals surface area contributed by atoms with Crippen molar-refractivity contribution in [1.29, 1.82) is 0 Å². The molecule has 6 heteroatoms. The van der Waals surface area contributed by atoms with Crippen molar-refractivity contribution < 1.29 is 18.4 Å². The molecule has 88 valence electrons. The number of hydrogen-bond donors (Lipinski definition) is 1. The largest absolute Gasteiger partial charge is 0.434 e. The highest BCUT2D eigenvalue weighted by Gasteiger charge is 2.23. The van der Waals surface area contributed by atoms with Gasteiger partial charge >= 0.3 is 7.75 Å². The minimum Gasteiger partial charge on any atom is -0.296 e. The Balaban J connectivity index is 2.58. The first-order valence-corrected chi connectivity index (χ1v) is 6.20. The number of carbonyl (C=O) groups is 1. The van der Waals surface area contributed by atoms with Crippen LogP contribution in [0.2, 0.25) is 0 Å². The van der Waals surface area contributed by atoms with Gasteiger partial charge in [-0.2, -0.15) is 0 Å². The van der Waals surface area contributed by atoms with Gasteiger partial charge in [0.2, 0.25) is 5.91 Å². The van der Waals surface area contributed by atoms with E-state index in [2.05, 4.69) is 14.1 Å². The zero-order valence-corrected chi connectivity index (χ0v) is 10.1. The smallest absolute Gasteiger partial charge is 0.296 e. The summed E-state index contributed by atoms with van der Waals surface area (Å²) in [6, 6.07) is 9.13. The van der Waals surface area contributed by atoms with E-state index in [1.54, 1.807) is 0 Å². The first-order valence-electron chi connectivity index (χ1n) is 4.66. The summed E-state index contributed by atoms with van der Waals surface area (Å²) in [6.07, 6.45) is 0.136. The molecule has 0 spiro atoms. The summed E-state index contributed by atoms with van der Waals surface area (Å²) in [5.74, 6) is -0.404. The van der Waals surface area contributed by atoms with Crippen LogP contribution in [-0.4, -0.2) is 20.1 Å². The average molecular weight is 243 g/mol. The van der Waals surface area contributed by atoms with E-state index in [-0.39, 0.29) is 6.42 Å². The summed E-state index contributed by atoms with van der Waals surface area (Å²) in [6.45, 7) is 0. The second-order valence-electron chi connectivity index (χ2n) is 3.06. The maximum Gasteiger partial charge on any atom is 0.434 e. The monoisotopic (exact) mass is 243 g/mol. The normalized spacial score (nSPS) is 11.1. The number of rotatable bonds is 5. The number of benzene rings is 1. The molecule has 1 rings (SSSR count). The van der Waals surface area contributed by atoms with Crippen LogP contribution in [0.3, 0.4) is 0 Å². The summed E-state index contributed by atoms with van der Waals surface area (Å²) in [5.41, 5.74) is 0.832. The molecule has 0 aliphatic carbocycles. The van der Waals surface area contributed by atoms with Crippen molar-refractivity contribution in [2.24, 2.45) is 0 Å². The van der Waals surface area contributed by atoms with Crippen LogP contribution in [-0.2, 0) is 24.8 Å². The SMILES string of the molecule is COP(=O)(NC(=O)Cc1ccccc1)OC. The third kappa shape index (κ3) is 3.77. The van der Waals surface area contributed by atoms with Gasteiger partial charge in [-0.1, -0.05) is 30.3 Å². The lowest BCUT2D eigenvalue weighted by molar-refractivity contribution is -0.119. The van der Waals surface area contributed by atoms with E-state index in [1.807, 2.05) is 30.3 Å². The van der Waals surface area contributed by atoms with Crippen LogP contribution in [0.4, 0.5) is 0 Å². The maximum absolute atomic E-state index is 11.6. The summed E-state index contributed by atoms with van der Waals surface area (Å²) in [5, 5.41) is 2.21.